The maximum atomic E-state index is 5.72. The smallest absolute Gasteiger partial charge is 0.146 e. The summed E-state index contributed by atoms with van der Waals surface area (Å²) < 4.78 is 7.31. The van der Waals surface area contributed by atoms with Crippen LogP contribution in [0.1, 0.15) is 50.2 Å². The van der Waals surface area contributed by atoms with Gasteiger partial charge in [-0.15, -0.1) is 10.2 Å². The molecule has 1 heterocycles. The van der Waals surface area contributed by atoms with Crippen molar-refractivity contribution in [2.75, 3.05) is 13.7 Å². The Morgan fingerprint density at radius 1 is 1.28 bits per heavy atom. The molecule has 0 amide bonds. The zero-order valence-electron chi connectivity index (χ0n) is 11.4. The third-order valence-electron chi connectivity index (χ3n) is 3.94. The monoisotopic (exact) mass is 252 g/mol. The van der Waals surface area contributed by atoms with E-state index in [9.17, 15) is 0 Å². The molecule has 0 spiro atoms. The summed E-state index contributed by atoms with van der Waals surface area (Å²) in [7, 11) is 1.72. The number of methoxy groups -OCH3 is 1. The van der Waals surface area contributed by atoms with Gasteiger partial charge in [-0.1, -0.05) is 19.8 Å². The van der Waals surface area contributed by atoms with E-state index in [0.29, 0.717) is 19.1 Å². The third-order valence-corrected chi connectivity index (χ3v) is 3.94. The molecule has 2 rings (SSSR count). The van der Waals surface area contributed by atoms with Crippen LogP contribution >= 0.6 is 0 Å². The van der Waals surface area contributed by atoms with Gasteiger partial charge in [-0.3, -0.25) is 0 Å². The second kappa shape index (κ2) is 6.29. The summed E-state index contributed by atoms with van der Waals surface area (Å²) in [6.45, 7) is 4.26. The van der Waals surface area contributed by atoms with Crippen LogP contribution in [0.5, 0.6) is 0 Å². The van der Waals surface area contributed by atoms with E-state index in [1.54, 1.807) is 7.11 Å². The molecule has 0 bridgehead atoms. The minimum absolute atomic E-state index is 0.444. The highest BCUT2D eigenvalue weighted by atomic mass is 16.5. The van der Waals surface area contributed by atoms with Crippen molar-refractivity contribution in [3.05, 3.63) is 11.6 Å². The number of rotatable bonds is 5. The average molecular weight is 252 g/mol. The molecule has 5 nitrogen and oxygen atoms in total. The predicted molar refractivity (Wildman–Crippen MR) is 70.2 cm³/mol. The average Bonchev–Trinajstić information content (AvgIpc) is 2.80. The second-order valence-corrected chi connectivity index (χ2v) is 5.28. The lowest BCUT2D eigenvalue weighted by molar-refractivity contribution is 0.184. The van der Waals surface area contributed by atoms with E-state index >= 15 is 0 Å². The highest BCUT2D eigenvalue weighted by molar-refractivity contribution is 5.03. The Morgan fingerprint density at radius 2 is 2.00 bits per heavy atom. The van der Waals surface area contributed by atoms with E-state index in [1.807, 2.05) is 0 Å². The Bertz CT molecular complexity index is 369. The maximum absolute atomic E-state index is 5.72. The van der Waals surface area contributed by atoms with Gasteiger partial charge >= 0.3 is 0 Å². The lowest BCUT2D eigenvalue weighted by atomic mass is 9.82. The van der Waals surface area contributed by atoms with Gasteiger partial charge in [-0.25, -0.2) is 0 Å². The van der Waals surface area contributed by atoms with Crippen molar-refractivity contribution in [2.24, 2.45) is 11.7 Å². The SMILES string of the molecule is COCCn1c(CN)nnc1C1CCC(C)CC1. The number of nitrogens with two attached hydrogens (primary N) is 1. The van der Waals surface area contributed by atoms with E-state index in [0.717, 1.165) is 24.1 Å². The van der Waals surface area contributed by atoms with Crippen LogP contribution < -0.4 is 5.73 Å². The molecule has 102 valence electrons. The van der Waals surface area contributed by atoms with Gasteiger partial charge in [0.15, 0.2) is 0 Å². The van der Waals surface area contributed by atoms with Gasteiger partial charge < -0.3 is 15.0 Å². The molecule has 5 heteroatoms. The van der Waals surface area contributed by atoms with E-state index in [2.05, 4.69) is 21.7 Å². The summed E-state index contributed by atoms with van der Waals surface area (Å²) in [5, 5.41) is 8.58. The summed E-state index contributed by atoms with van der Waals surface area (Å²) >= 11 is 0. The van der Waals surface area contributed by atoms with Crippen molar-refractivity contribution < 1.29 is 4.74 Å². The standard InChI is InChI=1S/C13H24N4O/c1-10-3-5-11(6-4-10)13-16-15-12(9-14)17(13)7-8-18-2/h10-11H,3-9,14H2,1-2H3. The molecule has 1 fully saturated rings. The van der Waals surface area contributed by atoms with Crippen LogP contribution in [-0.2, 0) is 17.8 Å². The zero-order chi connectivity index (χ0) is 13.0. The number of hydrogen-bond acceptors (Lipinski definition) is 4. The molecule has 1 aromatic heterocycles. The van der Waals surface area contributed by atoms with Crippen LogP contribution in [-0.4, -0.2) is 28.5 Å². The highest BCUT2D eigenvalue weighted by Crippen LogP contribution is 2.34. The highest BCUT2D eigenvalue weighted by Gasteiger charge is 2.25. The summed E-state index contributed by atoms with van der Waals surface area (Å²) in [6.07, 6.45) is 5.02. The number of aromatic nitrogens is 3. The fourth-order valence-corrected chi connectivity index (χ4v) is 2.75. The molecule has 0 saturated heterocycles. The minimum atomic E-state index is 0.444. The Labute approximate surface area is 109 Å². The second-order valence-electron chi connectivity index (χ2n) is 5.28. The molecule has 2 N–H and O–H groups in total. The van der Waals surface area contributed by atoms with Gasteiger partial charge in [0.25, 0.3) is 0 Å². The van der Waals surface area contributed by atoms with Crippen LogP contribution in [0, 0.1) is 5.92 Å². The first kappa shape index (κ1) is 13.5. The van der Waals surface area contributed by atoms with Gasteiger partial charge in [0, 0.05) is 19.6 Å². The minimum Gasteiger partial charge on any atom is -0.383 e. The normalized spacial score (nSPS) is 24.4. The maximum Gasteiger partial charge on any atom is 0.146 e. The van der Waals surface area contributed by atoms with Gasteiger partial charge in [-0.2, -0.15) is 0 Å². The molecule has 1 saturated carbocycles. The molecule has 0 radical (unpaired) electrons. The van der Waals surface area contributed by atoms with Gasteiger partial charge in [0.1, 0.15) is 11.6 Å². The topological polar surface area (TPSA) is 66.0 Å². The number of hydrogen-bond donors (Lipinski definition) is 1. The molecule has 1 aliphatic carbocycles. The van der Waals surface area contributed by atoms with Gasteiger partial charge in [0.05, 0.1) is 13.2 Å². The van der Waals surface area contributed by atoms with Crippen LogP contribution in [0.3, 0.4) is 0 Å². The largest absolute Gasteiger partial charge is 0.383 e. The van der Waals surface area contributed by atoms with Crippen molar-refractivity contribution in [1.82, 2.24) is 14.8 Å². The Balaban J connectivity index is 2.13. The van der Waals surface area contributed by atoms with Crippen LogP contribution in [0.25, 0.3) is 0 Å². The summed E-state index contributed by atoms with van der Waals surface area (Å²) in [5.41, 5.74) is 5.72. The summed E-state index contributed by atoms with van der Waals surface area (Å²) in [6, 6.07) is 0. The summed E-state index contributed by atoms with van der Waals surface area (Å²) in [5.74, 6) is 3.39. The molecule has 0 aromatic carbocycles. The van der Waals surface area contributed by atoms with Gasteiger partial charge in [0.2, 0.25) is 0 Å². The quantitative estimate of drug-likeness (QED) is 0.865. The molecule has 0 aliphatic heterocycles. The van der Waals surface area contributed by atoms with Crippen molar-refractivity contribution in [1.29, 1.82) is 0 Å². The summed E-state index contributed by atoms with van der Waals surface area (Å²) in [4.78, 5) is 0. The predicted octanol–water partition coefficient (Wildman–Crippen LogP) is 1.68. The van der Waals surface area contributed by atoms with Crippen molar-refractivity contribution >= 4 is 0 Å². The zero-order valence-corrected chi connectivity index (χ0v) is 11.4. The van der Waals surface area contributed by atoms with Crippen LogP contribution in [0.4, 0.5) is 0 Å². The first-order valence-electron chi connectivity index (χ1n) is 6.87. The number of ether oxygens (including phenoxy) is 1. The first-order valence-corrected chi connectivity index (χ1v) is 6.87. The Kier molecular flexibility index (Phi) is 4.72. The van der Waals surface area contributed by atoms with E-state index in [1.165, 1.54) is 25.7 Å². The van der Waals surface area contributed by atoms with Crippen molar-refractivity contribution in [3.8, 4) is 0 Å². The molecule has 0 atom stereocenters. The first-order chi connectivity index (χ1) is 8.76. The van der Waals surface area contributed by atoms with Gasteiger partial charge in [-0.05, 0) is 18.8 Å². The molecule has 0 unspecified atom stereocenters. The van der Waals surface area contributed by atoms with Crippen LogP contribution in [0.15, 0.2) is 0 Å². The Hall–Kier alpha value is -0.940. The third kappa shape index (κ3) is 2.90. The molecule has 18 heavy (non-hydrogen) atoms. The molecular formula is C13H24N4O. The molecule has 1 aromatic rings. The van der Waals surface area contributed by atoms with Crippen LogP contribution in [0.2, 0.25) is 0 Å². The number of nitrogens with zero attached hydrogens (tertiary/aromatic N) is 3. The van der Waals surface area contributed by atoms with E-state index < -0.39 is 0 Å². The lowest BCUT2D eigenvalue weighted by Crippen LogP contribution is -2.19. The van der Waals surface area contributed by atoms with E-state index in [4.69, 9.17) is 10.5 Å². The Morgan fingerprint density at radius 3 is 2.61 bits per heavy atom. The lowest BCUT2D eigenvalue weighted by Gasteiger charge is -2.26. The molecule has 1 aliphatic rings. The van der Waals surface area contributed by atoms with Crippen molar-refractivity contribution in [3.63, 3.8) is 0 Å². The van der Waals surface area contributed by atoms with E-state index in [-0.39, 0.29) is 0 Å². The van der Waals surface area contributed by atoms with Crippen molar-refractivity contribution in [2.45, 2.75) is 51.6 Å². The fraction of sp³-hybridized carbons (Fsp3) is 0.846. The fourth-order valence-electron chi connectivity index (χ4n) is 2.75. The molecular weight excluding hydrogens is 228 g/mol.